The minimum absolute atomic E-state index is 0.00743. The van der Waals surface area contributed by atoms with Gasteiger partial charge in [0, 0.05) is 23.0 Å². The third-order valence-electron chi connectivity index (χ3n) is 4.36. The Labute approximate surface area is 114 Å². The van der Waals surface area contributed by atoms with Gasteiger partial charge in [-0.2, -0.15) is 0 Å². The highest BCUT2D eigenvalue weighted by molar-refractivity contribution is 7.09. The zero-order valence-electron chi connectivity index (χ0n) is 11.4. The predicted octanol–water partition coefficient (Wildman–Crippen LogP) is 2.70. The first-order valence-electron chi connectivity index (χ1n) is 7.03. The van der Waals surface area contributed by atoms with Gasteiger partial charge in [0.2, 0.25) is 0 Å². The molecule has 1 aromatic rings. The van der Waals surface area contributed by atoms with Crippen LogP contribution < -0.4 is 0 Å². The molecule has 1 heterocycles. The lowest BCUT2D eigenvalue weighted by Crippen LogP contribution is -2.55. The maximum absolute atomic E-state index is 10.7. The molecule has 1 aliphatic carbocycles. The molecule has 1 aliphatic rings. The van der Waals surface area contributed by atoms with E-state index in [0.717, 1.165) is 32.4 Å². The Morgan fingerprint density at radius 1 is 1.39 bits per heavy atom. The fourth-order valence-electron chi connectivity index (χ4n) is 3.42. The Bertz CT molecular complexity index is 343. The number of aromatic nitrogens is 1. The van der Waals surface area contributed by atoms with Crippen LogP contribution in [0.15, 0.2) is 11.7 Å². The number of aliphatic hydroxyl groups excluding tert-OH is 1. The molecule has 0 spiro atoms. The molecule has 1 aromatic heterocycles. The van der Waals surface area contributed by atoms with Crippen LogP contribution >= 0.6 is 11.3 Å². The van der Waals surface area contributed by atoms with E-state index in [-0.39, 0.29) is 11.6 Å². The van der Waals surface area contributed by atoms with Gasteiger partial charge in [-0.05, 0) is 25.9 Å². The van der Waals surface area contributed by atoms with Crippen LogP contribution in [0, 0.1) is 0 Å². The van der Waals surface area contributed by atoms with Crippen LogP contribution in [0.4, 0.5) is 0 Å². The fraction of sp³-hybridized carbons (Fsp3) is 0.786. The minimum Gasteiger partial charge on any atom is -0.391 e. The number of aliphatic hydroxyl groups is 1. The summed E-state index contributed by atoms with van der Waals surface area (Å²) >= 11 is 1.65. The van der Waals surface area contributed by atoms with E-state index in [4.69, 9.17) is 0 Å². The summed E-state index contributed by atoms with van der Waals surface area (Å²) < 4.78 is 0. The number of hydrogen-bond acceptors (Lipinski definition) is 4. The van der Waals surface area contributed by atoms with Gasteiger partial charge >= 0.3 is 0 Å². The Hall–Kier alpha value is -0.450. The normalized spacial score (nSPS) is 20.4. The molecular weight excluding hydrogens is 244 g/mol. The molecule has 0 aliphatic heterocycles. The standard InChI is InChI=1S/C14H24N2OS/c1-3-16(4-2)14(7-5-6-8-14)13(17)9-12-10-15-11-18-12/h10-11,13,17H,3-9H2,1-2H3. The molecular formula is C14H24N2OS. The van der Waals surface area contributed by atoms with Gasteiger partial charge < -0.3 is 5.11 Å². The van der Waals surface area contributed by atoms with E-state index in [1.807, 2.05) is 11.7 Å². The van der Waals surface area contributed by atoms with E-state index in [0.29, 0.717) is 0 Å². The molecule has 1 saturated carbocycles. The van der Waals surface area contributed by atoms with Crippen molar-refractivity contribution in [2.24, 2.45) is 0 Å². The van der Waals surface area contributed by atoms with E-state index in [1.54, 1.807) is 11.3 Å². The summed E-state index contributed by atoms with van der Waals surface area (Å²) in [5, 5.41) is 10.7. The van der Waals surface area contributed by atoms with Crippen molar-refractivity contribution in [2.45, 2.75) is 57.6 Å². The van der Waals surface area contributed by atoms with Crippen LogP contribution in [-0.2, 0) is 6.42 Å². The average Bonchev–Trinajstić information content (AvgIpc) is 3.02. The summed E-state index contributed by atoms with van der Waals surface area (Å²) in [5.41, 5.74) is 1.86. The molecule has 2 rings (SSSR count). The van der Waals surface area contributed by atoms with Crippen molar-refractivity contribution in [1.29, 1.82) is 0 Å². The summed E-state index contributed by atoms with van der Waals surface area (Å²) in [6.45, 7) is 6.44. The third-order valence-corrected chi connectivity index (χ3v) is 5.16. The van der Waals surface area contributed by atoms with E-state index >= 15 is 0 Å². The van der Waals surface area contributed by atoms with Crippen molar-refractivity contribution in [3.8, 4) is 0 Å². The van der Waals surface area contributed by atoms with E-state index in [1.165, 1.54) is 17.7 Å². The molecule has 0 saturated heterocycles. The van der Waals surface area contributed by atoms with Gasteiger partial charge in [-0.15, -0.1) is 11.3 Å². The molecule has 0 amide bonds. The zero-order valence-corrected chi connectivity index (χ0v) is 12.2. The van der Waals surface area contributed by atoms with Crippen LogP contribution in [0.5, 0.6) is 0 Å². The SMILES string of the molecule is CCN(CC)C1(C(O)Cc2cncs2)CCCC1. The molecule has 102 valence electrons. The number of thiazole rings is 1. The van der Waals surface area contributed by atoms with Gasteiger partial charge in [-0.25, -0.2) is 0 Å². The smallest absolute Gasteiger partial charge is 0.0794 e. The summed E-state index contributed by atoms with van der Waals surface area (Å²) in [7, 11) is 0. The van der Waals surface area contributed by atoms with Gasteiger partial charge in [-0.1, -0.05) is 26.7 Å². The molecule has 4 heteroatoms. The lowest BCUT2D eigenvalue weighted by atomic mass is 9.86. The molecule has 3 nitrogen and oxygen atoms in total. The monoisotopic (exact) mass is 268 g/mol. The first-order valence-corrected chi connectivity index (χ1v) is 7.91. The van der Waals surface area contributed by atoms with Gasteiger partial charge in [0.25, 0.3) is 0 Å². The van der Waals surface area contributed by atoms with E-state index in [2.05, 4.69) is 23.7 Å². The van der Waals surface area contributed by atoms with Gasteiger partial charge in [0.15, 0.2) is 0 Å². The van der Waals surface area contributed by atoms with Crippen LogP contribution in [0.2, 0.25) is 0 Å². The van der Waals surface area contributed by atoms with Crippen LogP contribution in [-0.4, -0.2) is 39.7 Å². The maximum atomic E-state index is 10.7. The van der Waals surface area contributed by atoms with Crippen LogP contribution in [0.1, 0.15) is 44.4 Å². The van der Waals surface area contributed by atoms with Crippen LogP contribution in [0.3, 0.4) is 0 Å². The second-order valence-electron chi connectivity index (χ2n) is 5.17. The Morgan fingerprint density at radius 2 is 2.06 bits per heavy atom. The number of nitrogens with zero attached hydrogens (tertiary/aromatic N) is 2. The summed E-state index contributed by atoms with van der Waals surface area (Å²) in [6, 6.07) is 0. The van der Waals surface area contributed by atoms with E-state index in [9.17, 15) is 5.11 Å². The van der Waals surface area contributed by atoms with Crippen molar-refractivity contribution in [3.63, 3.8) is 0 Å². The molecule has 0 radical (unpaired) electrons. The number of hydrogen-bond donors (Lipinski definition) is 1. The zero-order chi connectivity index (χ0) is 13.0. The molecule has 0 bridgehead atoms. The first-order chi connectivity index (χ1) is 8.73. The van der Waals surface area contributed by atoms with Gasteiger partial charge in [0.05, 0.1) is 11.6 Å². The van der Waals surface area contributed by atoms with E-state index < -0.39 is 0 Å². The first kappa shape index (κ1) is 14.0. The second-order valence-corrected chi connectivity index (χ2v) is 6.14. The number of rotatable bonds is 6. The highest BCUT2D eigenvalue weighted by Crippen LogP contribution is 2.39. The maximum Gasteiger partial charge on any atom is 0.0794 e. The topological polar surface area (TPSA) is 36.4 Å². The van der Waals surface area contributed by atoms with Crippen LogP contribution in [0.25, 0.3) is 0 Å². The van der Waals surface area contributed by atoms with Crippen molar-refractivity contribution in [1.82, 2.24) is 9.88 Å². The Morgan fingerprint density at radius 3 is 2.56 bits per heavy atom. The highest BCUT2D eigenvalue weighted by Gasteiger charge is 2.44. The third kappa shape index (κ3) is 2.60. The average molecular weight is 268 g/mol. The summed E-state index contributed by atoms with van der Waals surface area (Å²) in [5.74, 6) is 0. The lowest BCUT2D eigenvalue weighted by molar-refractivity contribution is -0.0241. The largest absolute Gasteiger partial charge is 0.391 e. The molecule has 0 aromatic carbocycles. The Balaban J connectivity index is 2.13. The summed E-state index contributed by atoms with van der Waals surface area (Å²) in [6.07, 6.45) is 7.13. The fourth-order valence-corrected chi connectivity index (χ4v) is 4.06. The lowest BCUT2D eigenvalue weighted by Gasteiger charge is -2.44. The molecule has 1 atom stereocenters. The van der Waals surface area contributed by atoms with Crippen molar-refractivity contribution in [3.05, 3.63) is 16.6 Å². The van der Waals surface area contributed by atoms with Gasteiger partial charge in [-0.3, -0.25) is 9.88 Å². The highest BCUT2D eigenvalue weighted by atomic mass is 32.1. The van der Waals surface area contributed by atoms with Crippen molar-refractivity contribution < 1.29 is 5.11 Å². The van der Waals surface area contributed by atoms with Gasteiger partial charge in [0.1, 0.15) is 0 Å². The molecule has 1 unspecified atom stereocenters. The molecule has 1 N–H and O–H groups in total. The predicted molar refractivity (Wildman–Crippen MR) is 75.9 cm³/mol. The second kappa shape index (κ2) is 6.13. The molecule has 18 heavy (non-hydrogen) atoms. The summed E-state index contributed by atoms with van der Waals surface area (Å²) in [4.78, 5) is 7.76. The minimum atomic E-state index is -0.264. The quantitative estimate of drug-likeness (QED) is 0.862. The molecule has 1 fully saturated rings. The Kier molecular flexibility index (Phi) is 4.76. The van der Waals surface area contributed by atoms with Crippen molar-refractivity contribution in [2.75, 3.05) is 13.1 Å². The van der Waals surface area contributed by atoms with Crippen molar-refractivity contribution >= 4 is 11.3 Å². The number of likely N-dealkylation sites (N-methyl/N-ethyl adjacent to an activating group) is 1.